The summed E-state index contributed by atoms with van der Waals surface area (Å²) in [5.74, 6) is 2.31. The summed E-state index contributed by atoms with van der Waals surface area (Å²) in [5.41, 5.74) is 1.51. The molecule has 0 atom stereocenters. The van der Waals surface area contributed by atoms with Gasteiger partial charge < -0.3 is 10.6 Å². The van der Waals surface area contributed by atoms with Crippen LogP contribution in [0.25, 0.3) is 0 Å². The first-order chi connectivity index (χ1) is 10.1. The van der Waals surface area contributed by atoms with Crippen molar-refractivity contribution in [3.8, 4) is 0 Å². The van der Waals surface area contributed by atoms with Gasteiger partial charge in [-0.05, 0) is 38.0 Å². The van der Waals surface area contributed by atoms with Crippen molar-refractivity contribution < 1.29 is 4.39 Å². The van der Waals surface area contributed by atoms with E-state index < -0.39 is 5.82 Å². The minimum atomic E-state index is -0.454. The van der Waals surface area contributed by atoms with Crippen LogP contribution in [-0.4, -0.2) is 17.0 Å². The van der Waals surface area contributed by atoms with Crippen LogP contribution in [-0.2, 0) is 0 Å². The maximum atomic E-state index is 13.5. The third-order valence-electron chi connectivity index (χ3n) is 3.52. The first kappa shape index (κ1) is 14.1. The lowest BCUT2D eigenvalue weighted by molar-refractivity contribution is 0.629. The third kappa shape index (κ3) is 2.93. The van der Waals surface area contributed by atoms with Crippen molar-refractivity contribution in [2.45, 2.75) is 25.7 Å². The summed E-state index contributed by atoms with van der Waals surface area (Å²) < 4.78 is 13.5. The molecule has 21 heavy (non-hydrogen) atoms. The lowest BCUT2D eigenvalue weighted by Crippen LogP contribution is -2.06. The maximum Gasteiger partial charge on any atom is 0.143 e. The molecule has 3 rings (SSSR count). The topological polar surface area (TPSA) is 49.8 Å². The molecule has 110 valence electrons. The van der Waals surface area contributed by atoms with Crippen LogP contribution >= 0.6 is 11.6 Å². The van der Waals surface area contributed by atoms with E-state index in [9.17, 15) is 4.39 Å². The molecule has 1 aliphatic rings. The molecular formula is C15H16ClFN4. The van der Waals surface area contributed by atoms with Crippen LogP contribution in [0.15, 0.2) is 18.2 Å². The molecule has 1 heterocycles. The van der Waals surface area contributed by atoms with Gasteiger partial charge in [0.1, 0.15) is 23.3 Å². The number of hydrogen-bond acceptors (Lipinski definition) is 4. The number of nitrogens with zero attached hydrogens (tertiary/aromatic N) is 2. The van der Waals surface area contributed by atoms with Gasteiger partial charge in [-0.15, -0.1) is 0 Å². The molecule has 0 unspecified atom stereocenters. The molecular weight excluding hydrogens is 291 g/mol. The van der Waals surface area contributed by atoms with Gasteiger partial charge in [-0.3, -0.25) is 0 Å². The molecule has 2 N–H and O–H groups in total. The van der Waals surface area contributed by atoms with Gasteiger partial charge in [-0.25, -0.2) is 14.4 Å². The van der Waals surface area contributed by atoms with Crippen LogP contribution in [0.4, 0.5) is 21.7 Å². The third-order valence-corrected chi connectivity index (χ3v) is 3.83. The Kier molecular flexibility index (Phi) is 3.68. The Labute approximate surface area is 127 Å². The Morgan fingerprint density at radius 2 is 1.95 bits per heavy atom. The number of benzene rings is 1. The fraction of sp³-hybridized carbons (Fsp3) is 0.333. The fourth-order valence-corrected chi connectivity index (χ4v) is 2.25. The molecule has 0 radical (unpaired) electrons. The molecule has 1 aromatic carbocycles. The highest BCUT2D eigenvalue weighted by Gasteiger charge is 2.28. The Balaban J connectivity index is 1.96. The molecule has 1 aromatic heterocycles. The SMILES string of the molecule is CNc1nc(C2CC2)nc(Nc2ccc(Cl)c(F)c2)c1C. The van der Waals surface area contributed by atoms with Crippen LogP contribution in [0.3, 0.4) is 0 Å². The van der Waals surface area contributed by atoms with Gasteiger partial charge in [0.2, 0.25) is 0 Å². The summed E-state index contributed by atoms with van der Waals surface area (Å²) in [6.07, 6.45) is 2.25. The molecule has 0 amide bonds. The first-order valence-electron chi connectivity index (χ1n) is 6.87. The van der Waals surface area contributed by atoms with E-state index in [1.807, 2.05) is 14.0 Å². The minimum Gasteiger partial charge on any atom is -0.373 e. The number of halogens is 2. The highest BCUT2D eigenvalue weighted by Crippen LogP contribution is 2.39. The summed E-state index contributed by atoms with van der Waals surface area (Å²) in [4.78, 5) is 9.10. The first-order valence-corrected chi connectivity index (χ1v) is 7.24. The number of hydrogen-bond donors (Lipinski definition) is 2. The van der Waals surface area contributed by atoms with Gasteiger partial charge in [0.25, 0.3) is 0 Å². The predicted octanol–water partition coefficient (Wildman–Crippen LogP) is 4.24. The van der Waals surface area contributed by atoms with Crippen molar-refractivity contribution >= 4 is 28.9 Å². The Hall–Kier alpha value is -1.88. The summed E-state index contributed by atoms with van der Waals surface area (Å²) in [6, 6.07) is 4.61. The summed E-state index contributed by atoms with van der Waals surface area (Å²) in [5, 5.41) is 6.33. The van der Waals surface area contributed by atoms with Crippen molar-refractivity contribution in [2.24, 2.45) is 0 Å². The monoisotopic (exact) mass is 306 g/mol. The molecule has 0 spiro atoms. The van der Waals surface area contributed by atoms with E-state index in [0.717, 1.165) is 30.0 Å². The number of aromatic nitrogens is 2. The Bertz CT molecular complexity index is 686. The van der Waals surface area contributed by atoms with Gasteiger partial charge >= 0.3 is 0 Å². The summed E-state index contributed by atoms with van der Waals surface area (Å²) >= 11 is 5.70. The highest BCUT2D eigenvalue weighted by molar-refractivity contribution is 6.30. The molecule has 0 aliphatic heterocycles. The maximum absolute atomic E-state index is 13.5. The molecule has 6 heteroatoms. The van der Waals surface area contributed by atoms with Crippen LogP contribution in [0, 0.1) is 12.7 Å². The van der Waals surface area contributed by atoms with Crippen molar-refractivity contribution in [1.29, 1.82) is 0 Å². The van der Waals surface area contributed by atoms with Crippen LogP contribution < -0.4 is 10.6 Å². The number of anilines is 3. The van der Waals surface area contributed by atoms with Gasteiger partial charge in [-0.2, -0.15) is 0 Å². The van der Waals surface area contributed by atoms with Crippen LogP contribution in [0.1, 0.15) is 30.1 Å². The lowest BCUT2D eigenvalue weighted by atomic mass is 10.2. The molecule has 1 fully saturated rings. The second-order valence-corrected chi connectivity index (χ2v) is 5.59. The molecule has 1 aliphatic carbocycles. The molecule has 0 bridgehead atoms. The van der Waals surface area contributed by atoms with E-state index >= 15 is 0 Å². The molecule has 1 saturated carbocycles. The number of nitrogens with one attached hydrogen (secondary N) is 2. The van der Waals surface area contributed by atoms with E-state index in [4.69, 9.17) is 11.6 Å². The van der Waals surface area contributed by atoms with Crippen molar-refractivity contribution in [1.82, 2.24) is 9.97 Å². The van der Waals surface area contributed by atoms with E-state index in [1.54, 1.807) is 6.07 Å². The largest absolute Gasteiger partial charge is 0.373 e. The van der Waals surface area contributed by atoms with Gasteiger partial charge in [0.15, 0.2) is 0 Å². The molecule has 0 saturated heterocycles. The van der Waals surface area contributed by atoms with Gasteiger partial charge in [-0.1, -0.05) is 11.6 Å². The zero-order valence-electron chi connectivity index (χ0n) is 11.9. The van der Waals surface area contributed by atoms with Crippen molar-refractivity contribution in [2.75, 3.05) is 17.7 Å². The zero-order valence-corrected chi connectivity index (χ0v) is 12.6. The molecule has 4 nitrogen and oxygen atoms in total. The minimum absolute atomic E-state index is 0.106. The van der Waals surface area contributed by atoms with E-state index in [1.165, 1.54) is 12.1 Å². The Morgan fingerprint density at radius 3 is 2.57 bits per heavy atom. The number of rotatable bonds is 4. The Morgan fingerprint density at radius 1 is 1.24 bits per heavy atom. The van der Waals surface area contributed by atoms with Gasteiger partial charge in [0, 0.05) is 24.2 Å². The highest BCUT2D eigenvalue weighted by atomic mass is 35.5. The average Bonchev–Trinajstić information content (AvgIpc) is 3.29. The average molecular weight is 307 g/mol. The van der Waals surface area contributed by atoms with Crippen molar-refractivity contribution in [3.05, 3.63) is 40.4 Å². The quantitative estimate of drug-likeness (QED) is 0.887. The van der Waals surface area contributed by atoms with E-state index in [-0.39, 0.29) is 5.02 Å². The predicted molar refractivity (Wildman–Crippen MR) is 83.0 cm³/mol. The van der Waals surface area contributed by atoms with E-state index in [0.29, 0.717) is 17.4 Å². The summed E-state index contributed by atoms with van der Waals surface area (Å²) in [7, 11) is 1.83. The second-order valence-electron chi connectivity index (χ2n) is 5.18. The van der Waals surface area contributed by atoms with Crippen LogP contribution in [0.2, 0.25) is 5.02 Å². The smallest absolute Gasteiger partial charge is 0.143 e. The summed E-state index contributed by atoms with van der Waals surface area (Å²) in [6.45, 7) is 1.93. The lowest BCUT2D eigenvalue weighted by Gasteiger charge is -2.14. The van der Waals surface area contributed by atoms with Crippen LogP contribution in [0.5, 0.6) is 0 Å². The normalized spacial score (nSPS) is 14.1. The van der Waals surface area contributed by atoms with E-state index in [2.05, 4.69) is 20.6 Å². The molecule has 2 aromatic rings. The second kappa shape index (κ2) is 5.48. The van der Waals surface area contributed by atoms with Gasteiger partial charge in [0.05, 0.1) is 5.02 Å². The fourth-order valence-electron chi connectivity index (χ4n) is 2.13. The zero-order chi connectivity index (χ0) is 15.0. The standard InChI is InChI=1S/C15H16ClFN4/c1-8-13(18-2)20-15(9-3-4-9)21-14(8)19-10-5-6-11(16)12(17)7-10/h5-7,9H,3-4H2,1-2H3,(H2,18,19,20,21). The van der Waals surface area contributed by atoms with Crippen molar-refractivity contribution in [3.63, 3.8) is 0 Å².